The highest BCUT2D eigenvalue weighted by Crippen LogP contribution is 2.25. The number of esters is 1. The lowest BCUT2D eigenvalue weighted by molar-refractivity contribution is -0.387. The van der Waals surface area contributed by atoms with Gasteiger partial charge in [0.1, 0.15) is 11.5 Å². The smallest absolute Gasteiger partial charge is 0.338 e. The van der Waals surface area contributed by atoms with Crippen LogP contribution in [0, 0.1) is 24.0 Å². The summed E-state index contributed by atoms with van der Waals surface area (Å²) in [6, 6.07) is 8.90. The van der Waals surface area contributed by atoms with E-state index < -0.39 is 31.3 Å². The van der Waals surface area contributed by atoms with Gasteiger partial charge in [0.05, 0.1) is 10.5 Å². The highest BCUT2D eigenvalue weighted by molar-refractivity contribution is 7.90. The van der Waals surface area contributed by atoms with Crippen LogP contribution in [-0.4, -0.2) is 25.6 Å². The molecule has 132 valence electrons. The van der Waals surface area contributed by atoms with Gasteiger partial charge in [0.15, 0.2) is 9.84 Å². The van der Waals surface area contributed by atoms with Crippen molar-refractivity contribution < 1.29 is 22.9 Å². The molecule has 0 fully saturated rings. The molecular weight excluding hydrogens is 346 g/mol. The predicted octanol–water partition coefficient (Wildman–Crippen LogP) is 2.97. The first-order valence-corrected chi connectivity index (χ1v) is 9.20. The lowest BCUT2D eigenvalue weighted by Crippen LogP contribution is -2.09. The van der Waals surface area contributed by atoms with Crippen molar-refractivity contribution in [1.29, 1.82) is 0 Å². The zero-order valence-corrected chi connectivity index (χ0v) is 14.8. The molecule has 2 aromatic rings. The Hall–Kier alpha value is -2.74. The topological polar surface area (TPSA) is 104 Å². The lowest BCUT2D eigenvalue weighted by atomic mass is 10.1. The van der Waals surface area contributed by atoms with Crippen molar-refractivity contribution in [2.75, 3.05) is 6.26 Å². The number of nitro benzene ring substituents is 1. The number of hydrogen-bond acceptors (Lipinski definition) is 6. The summed E-state index contributed by atoms with van der Waals surface area (Å²) in [6.07, 6.45) is 0.869. The lowest BCUT2D eigenvalue weighted by Gasteiger charge is -2.09. The van der Waals surface area contributed by atoms with Gasteiger partial charge in [-0.3, -0.25) is 10.1 Å². The van der Waals surface area contributed by atoms with Crippen molar-refractivity contribution in [3.63, 3.8) is 0 Å². The Bertz CT molecular complexity index is 950. The number of carbonyl (C=O) groups is 1. The first kappa shape index (κ1) is 18.6. The first-order valence-electron chi connectivity index (χ1n) is 7.31. The average molecular weight is 363 g/mol. The van der Waals surface area contributed by atoms with E-state index >= 15 is 0 Å². The van der Waals surface area contributed by atoms with Gasteiger partial charge in [0, 0.05) is 12.3 Å². The molecule has 0 aliphatic heterocycles. The summed E-state index contributed by atoms with van der Waals surface area (Å²) in [7, 11) is -3.78. The molecule has 0 radical (unpaired) electrons. The molecule has 0 N–H and O–H groups in total. The van der Waals surface area contributed by atoms with Crippen LogP contribution in [-0.2, 0) is 21.2 Å². The monoisotopic (exact) mass is 363 g/mol. The average Bonchev–Trinajstić information content (AvgIpc) is 2.53. The van der Waals surface area contributed by atoms with E-state index in [0.717, 1.165) is 35.1 Å². The molecule has 0 saturated carbocycles. The van der Waals surface area contributed by atoms with Crippen molar-refractivity contribution in [3.8, 4) is 0 Å². The second kappa shape index (κ2) is 7.02. The van der Waals surface area contributed by atoms with Gasteiger partial charge < -0.3 is 4.74 Å². The molecule has 0 amide bonds. The molecule has 0 aliphatic rings. The molecule has 0 heterocycles. The zero-order valence-electron chi connectivity index (χ0n) is 14.0. The third-order valence-corrected chi connectivity index (χ3v) is 4.80. The van der Waals surface area contributed by atoms with Gasteiger partial charge in [0.2, 0.25) is 0 Å². The van der Waals surface area contributed by atoms with Gasteiger partial charge in [-0.2, -0.15) is 0 Å². The van der Waals surface area contributed by atoms with Gasteiger partial charge >= 0.3 is 5.97 Å². The van der Waals surface area contributed by atoms with E-state index in [0.29, 0.717) is 0 Å². The normalized spacial score (nSPS) is 11.2. The Morgan fingerprint density at radius 1 is 1.16 bits per heavy atom. The van der Waals surface area contributed by atoms with Crippen LogP contribution < -0.4 is 0 Å². The van der Waals surface area contributed by atoms with Crippen LogP contribution in [0.1, 0.15) is 27.0 Å². The number of nitro groups is 1. The Morgan fingerprint density at radius 2 is 1.84 bits per heavy atom. The highest BCUT2D eigenvalue weighted by atomic mass is 32.2. The summed E-state index contributed by atoms with van der Waals surface area (Å²) < 4.78 is 28.4. The van der Waals surface area contributed by atoms with Crippen molar-refractivity contribution in [2.45, 2.75) is 25.3 Å². The van der Waals surface area contributed by atoms with E-state index in [1.54, 1.807) is 0 Å². The molecule has 0 bridgehead atoms. The third-order valence-electron chi connectivity index (χ3n) is 3.65. The number of aryl methyl sites for hydroxylation is 2. The molecule has 2 rings (SSSR count). The summed E-state index contributed by atoms with van der Waals surface area (Å²) in [5, 5.41) is 11.1. The maximum absolute atomic E-state index is 12.2. The maximum atomic E-state index is 12.2. The molecule has 0 aromatic heterocycles. The summed E-state index contributed by atoms with van der Waals surface area (Å²) in [5.41, 5.74) is 2.07. The predicted molar refractivity (Wildman–Crippen MR) is 91.2 cm³/mol. The fourth-order valence-electron chi connectivity index (χ4n) is 2.28. The van der Waals surface area contributed by atoms with E-state index in [-0.39, 0.29) is 12.2 Å². The summed E-state index contributed by atoms with van der Waals surface area (Å²) in [5.74, 6) is -0.760. The van der Waals surface area contributed by atoms with Gasteiger partial charge in [-0.15, -0.1) is 0 Å². The van der Waals surface area contributed by atoms with Crippen molar-refractivity contribution in [1.82, 2.24) is 0 Å². The molecule has 25 heavy (non-hydrogen) atoms. The molecule has 7 nitrogen and oxygen atoms in total. The second-order valence-electron chi connectivity index (χ2n) is 5.72. The summed E-state index contributed by atoms with van der Waals surface area (Å²) in [6.45, 7) is 3.82. The van der Waals surface area contributed by atoms with E-state index in [1.807, 2.05) is 32.0 Å². The molecule has 0 aliphatic carbocycles. The zero-order chi connectivity index (χ0) is 18.8. The van der Waals surface area contributed by atoms with E-state index in [4.69, 9.17) is 4.74 Å². The van der Waals surface area contributed by atoms with Crippen LogP contribution >= 0.6 is 0 Å². The molecule has 8 heteroatoms. The van der Waals surface area contributed by atoms with E-state index in [2.05, 4.69) is 0 Å². The second-order valence-corrected chi connectivity index (χ2v) is 7.70. The molecule has 0 spiro atoms. The molecule has 2 aromatic carbocycles. The maximum Gasteiger partial charge on any atom is 0.338 e. The van der Waals surface area contributed by atoms with Gasteiger partial charge in [-0.05, 0) is 37.1 Å². The molecule has 0 unspecified atom stereocenters. The van der Waals surface area contributed by atoms with E-state index in [1.165, 1.54) is 6.07 Å². The van der Waals surface area contributed by atoms with Crippen molar-refractivity contribution in [3.05, 3.63) is 68.8 Å². The summed E-state index contributed by atoms with van der Waals surface area (Å²) in [4.78, 5) is 22.0. The van der Waals surface area contributed by atoms with Crippen LogP contribution in [0.4, 0.5) is 5.69 Å². The fourth-order valence-corrected chi connectivity index (χ4v) is 3.11. The third kappa shape index (κ3) is 4.42. The highest BCUT2D eigenvalue weighted by Gasteiger charge is 2.24. The van der Waals surface area contributed by atoms with Crippen LogP contribution in [0.25, 0.3) is 0 Å². The van der Waals surface area contributed by atoms with Crippen molar-refractivity contribution >= 4 is 21.5 Å². The number of ether oxygens (including phenoxy) is 1. The molecular formula is C17H17NO6S. The SMILES string of the molecule is Cc1ccc(C)c(COC(=O)c2ccc(S(C)(=O)=O)c([N+](=O)[O-])c2)c1. The van der Waals surface area contributed by atoms with Crippen LogP contribution in [0.2, 0.25) is 0 Å². The van der Waals surface area contributed by atoms with Gasteiger partial charge in [-0.25, -0.2) is 13.2 Å². The standard InChI is InChI=1S/C17H17NO6S/c1-11-4-5-12(2)14(8-11)10-24-17(19)13-6-7-16(25(3,22)23)15(9-13)18(20)21/h4-9H,10H2,1-3H3. The minimum Gasteiger partial charge on any atom is -0.457 e. The Morgan fingerprint density at radius 3 is 2.44 bits per heavy atom. The largest absolute Gasteiger partial charge is 0.457 e. The fraction of sp³-hybridized carbons (Fsp3) is 0.235. The quantitative estimate of drug-likeness (QED) is 0.459. The first-order chi connectivity index (χ1) is 11.6. The van der Waals surface area contributed by atoms with Crippen molar-refractivity contribution in [2.24, 2.45) is 0 Å². The van der Waals surface area contributed by atoms with Crippen LogP contribution in [0.15, 0.2) is 41.3 Å². The van der Waals surface area contributed by atoms with Gasteiger partial charge in [0.25, 0.3) is 5.69 Å². The number of nitrogens with zero attached hydrogens (tertiary/aromatic N) is 1. The minimum atomic E-state index is -3.78. The van der Waals surface area contributed by atoms with Crippen LogP contribution in [0.5, 0.6) is 0 Å². The molecule has 0 atom stereocenters. The van der Waals surface area contributed by atoms with E-state index in [9.17, 15) is 23.3 Å². The number of benzene rings is 2. The summed E-state index contributed by atoms with van der Waals surface area (Å²) >= 11 is 0. The van der Waals surface area contributed by atoms with Crippen LogP contribution in [0.3, 0.4) is 0 Å². The number of sulfone groups is 1. The molecule has 0 saturated heterocycles. The number of hydrogen-bond donors (Lipinski definition) is 0. The minimum absolute atomic E-state index is 0.0218. The van der Waals surface area contributed by atoms with Gasteiger partial charge in [-0.1, -0.05) is 23.8 Å². The number of carbonyl (C=O) groups excluding carboxylic acids is 1. The Labute approximate surface area is 145 Å². The Kier molecular flexibility index (Phi) is 5.22. The Balaban J connectivity index is 2.26. The number of rotatable bonds is 5.